The van der Waals surface area contributed by atoms with Crippen LogP contribution in [0, 0.1) is 0 Å². The molecule has 2 aromatic carbocycles. The number of hydrogen-bond acceptors (Lipinski definition) is 16. The molecule has 16 nitrogen and oxygen atoms in total. The van der Waals surface area contributed by atoms with Crippen LogP contribution in [0.3, 0.4) is 0 Å². The predicted octanol–water partition coefficient (Wildman–Crippen LogP) is 2.43. The number of unbranched alkanes of at least 4 members (excludes halogenated alkanes) is 4. The van der Waals surface area contributed by atoms with Crippen molar-refractivity contribution in [2.24, 2.45) is 0 Å². The third kappa shape index (κ3) is 8.84. The molecular weight excluding hydrogens is 722 g/mol. The fourth-order valence-corrected chi connectivity index (χ4v) is 7.68. The van der Waals surface area contributed by atoms with E-state index in [0.717, 1.165) is 25.7 Å². The zero-order valence-electron chi connectivity index (χ0n) is 31.3. The molecule has 6 N–H and O–H groups in total. The van der Waals surface area contributed by atoms with E-state index in [9.17, 15) is 49.5 Å². The largest absolute Gasteiger partial charge is 0.507 e. The maximum absolute atomic E-state index is 13.9. The number of rotatable bonds is 16. The molecule has 0 bridgehead atoms. The number of ketones is 3. The van der Waals surface area contributed by atoms with Gasteiger partial charge in [-0.15, -0.1) is 0 Å². The lowest BCUT2D eigenvalue weighted by Crippen LogP contribution is -2.54. The molecule has 16 heteroatoms. The minimum atomic E-state index is -2.29. The van der Waals surface area contributed by atoms with Crippen molar-refractivity contribution in [3.8, 4) is 17.2 Å². The van der Waals surface area contributed by atoms with Crippen molar-refractivity contribution in [2.45, 2.75) is 121 Å². The average molecular weight is 772 g/mol. The summed E-state index contributed by atoms with van der Waals surface area (Å²) in [4.78, 5) is 63.1. The van der Waals surface area contributed by atoms with Crippen LogP contribution < -0.4 is 10.1 Å². The molecule has 5 rings (SSSR count). The van der Waals surface area contributed by atoms with Crippen LogP contribution in [0.1, 0.15) is 121 Å². The number of aromatic hydroxyl groups is 2. The first-order valence-corrected chi connectivity index (χ1v) is 18.4. The third-order valence-electron chi connectivity index (χ3n) is 10.4. The second-order valence-corrected chi connectivity index (χ2v) is 14.3. The highest BCUT2D eigenvalue weighted by Crippen LogP contribution is 2.52. The first-order valence-electron chi connectivity index (χ1n) is 18.4. The molecule has 2 unspecified atom stereocenters. The molecule has 2 aliphatic carbocycles. The van der Waals surface area contributed by atoms with E-state index in [4.69, 9.17) is 23.7 Å². The second kappa shape index (κ2) is 17.6. The normalized spacial score (nSPS) is 24.5. The maximum atomic E-state index is 13.9. The molecule has 0 spiro atoms. The Morgan fingerprint density at radius 3 is 2.27 bits per heavy atom. The lowest BCUT2D eigenvalue weighted by atomic mass is 9.72. The molecule has 0 aromatic heterocycles. The zero-order chi connectivity index (χ0) is 40.2. The van der Waals surface area contributed by atoms with Crippen LogP contribution >= 0.6 is 0 Å². The molecule has 1 heterocycles. The van der Waals surface area contributed by atoms with Gasteiger partial charge in [0, 0.05) is 62.3 Å². The van der Waals surface area contributed by atoms with Gasteiger partial charge < -0.3 is 54.5 Å². The van der Waals surface area contributed by atoms with Gasteiger partial charge in [-0.2, -0.15) is 0 Å². The number of hydrogen-bond donors (Lipinski definition) is 6. The number of carbonyl (C=O) groups excluding carboxylic acids is 5. The topological polar surface area (TPSA) is 245 Å². The first-order chi connectivity index (χ1) is 26.1. The lowest BCUT2D eigenvalue weighted by molar-refractivity contribution is -0.249. The van der Waals surface area contributed by atoms with E-state index in [1.54, 1.807) is 6.92 Å². The highest BCUT2D eigenvalue weighted by atomic mass is 16.7. The third-order valence-corrected chi connectivity index (χ3v) is 10.4. The molecule has 6 atom stereocenters. The van der Waals surface area contributed by atoms with E-state index in [0.29, 0.717) is 19.4 Å². The predicted molar refractivity (Wildman–Crippen MR) is 191 cm³/mol. The van der Waals surface area contributed by atoms with Crippen molar-refractivity contribution < 1.29 is 73.2 Å². The van der Waals surface area contributed by atoms with Gasteiger partial charge in [0.1, 0.15) is 29.5 Å². The van der Waals surface area contributed by atoms with Crippen molar-refractivity contribution >= 4 is 29.3 Å². The van der Waals surface area contributed by atoms with Crippen molar-refractivity contribution in [1.82, 2.24) is 5.32 Å². The van der Waals surface area contributed by atoms with Gasteiger partial charge in [0.2, 0.25) is 12.1 Å². The molecule has 3 aliphatic rings. The molecule has 0 radical (unpaired) electrons. The number of Topliss-reactive ketones (excluding diaryl/α,β-unsaturated/α-hetero) is 1. The summed E-state index contributed by atoms with van der Waals surface area (Å²) in [5.41, 5.74) is -3.74. The summed E-state index contributed by atoms with van der Waals surface area (Å²) in [5, 5.41) is 58.9. The Balaban J connectivity index is 1.30. The fourth-order valence-electron chi connectivity index (χ4n) is 7.68. The minimum absolute atomic E-state index is 0.0656. The van der Waals surface area contributed by atoms with E-state index in [1.165, 1.54) is 39.2 Å². The Morgan fingerprint density at radius 1 is 0.964 bits per heavy atom. The summed E-state index contributed by atoms with van der Waals surface area (Å²) in [6, 6.07) is 3.85. The van der Waals surface area contributed by atoms with E-state index >= 15 is 0 Å². The van der Waals surface area contributed by atoms with Gasteiger partial charge in [-0.25, -0.2) is 0 Å². The molecule has 2 aromatic rings. The first kappa shape index (κ1) is 41.7. The number of esters is 2. The highest BCUT2D eigenvalue weighted by Gasteiger charge is 2.50. The van der Waals surface area contributed by atoms with E-state index in [2.05, 4.69) is 5.32 Å². The minimum Gasteiger partial charge on any atom is -0.507 e. The molecule has 0 saturated carbocycles. The quantitative estimate of drug-likeness (QED) is 0.0530. The van der Waals surface area contributed by atoms with Gasteiger partial charge in [0.05, 0.1) is 42.1 Å². The molecule has 300 valence electrons. The summed E-state index contributed by atoms with van der Waals surface area (Å²) in [5.74, 6) is -4.92. The number of benzene rings is 2. The summed E-state index contributed by atoms with van der Waals surface area (Å²) < 4.78 is 27.7. The van der Waals surface area contributed by atoms with Crippen LogP contribution in [0.2, 0.25) is 0 Å². The Morgan fingerprint density at radius 2 is 1.62 bits per heavy atom. The van der Waals surface area contributed by atoms with Gasteiger partial charge in [0.25, 0.3) is 0 Å². The van der Waals surface area contributed by atoms with E-state index < -0.39 is 114 Å². The summed E-state index contributed by atoms with van der Waals surface area (Å²) in [6.07, 6.45) is -1.70. The number of carbonyl (C=O) groups is 5. The second-order valence-electron chi connectivity index (χ2n) is 14.3. The standard InChI is InChI=1S/C39H49NO15/c1-19-34(45)24(40-14-9-7-5-6-8-13-28(53-20(2)42)54-21(3)43)15-29(52-19)55-26-17-39(50,27(44)18-41)16-23-31(26)38(49)33-32(36(23)47)35(46)22-11-10-12-25(51-4)30(22)37(33)48/h10-12,19,24,26,28-29,34,40-41,45,47,49-50H,5-9,13-18H2,1-4H3/t19-,24-,26?,29-,34+,39?/m0/s1. The van der Waals surface area contributed by atoms with Crippen LogP contribution in [-0.4, -0.2) is 112 Å². The Kier molecular flexibility index (Phi) is 13.3. The molecule has 1 aliphatic heterocycles. The number of methoxy groups -OCH3 is 1. The van der Waals surface area contributed by atoms with Crippen LogP contribution in [0.4, 0.5) is 0 Å². The number of ether oxygens (including phenoxy) is 5. The summed E-state index contributed by atoms with van der Waals surface area (Å²) in [7, 11) is 1.32. The van der Waals surface area contributed by atoms with Gasteiger partial charge in [-0.1, -0.05) is 31.4 Å². The van der Waals surface area contributed by atoms with Crippen molar-refractivity contribution in [2.75, 3.05) is 20.3 Å². The fraction of sp³-hybridized carbons (Fsp3) is 0.564. The van der Waals surface area contributed by atoms with Crippen LogP contribution in [0.25, 0.3) is 0 Å². The van der Waals surface area contributed by atoms with E-state index in [1.807, 2.05) is 0 Å². The van der Waals surface area contributed by atoms with Crippen molar-refractivity contribution in [3.05, 3.63) is 51.6 Å². The molecule has 1 fully saturated rings. The van der Waals surface area contributed by atoms with Gasteiger partial charge in [-0.05, 0) is 32.4 Å². The van der Waals surface area contributed by atoms with Crippen LogP contribution in [0.15, 0.2) is 18.2 Å². The molecule has 55 heavy (non-hydrogen) atoms. The molecule has 1 saturated heterocycles. The number of fused-ring (bicyclic) bond motifs is 3. The number of nitrogens with one attached hydrogen (secondary N) is 1. The number of aliphatic hydroxyl groups excluding tert-OH is 2. The zero-order valence-corrected chi connectivity index (χ0v) is 31.3. The van der Waals surface area contributed by atoms with E-state index in [-0.39, 0.29) is 34.4 Å². The van der Waals surface area contributed by atoms with Gasteiger partial charge in [-0.3, -0.25) is 24.0 Å². The Bertz CT molecular complexity index is 1790. The number of phenols is 2. The van der Waals surface area contributed by atoms with Gasteiger partial charge >= 0.3 is 11.9 Å². The average Bonchev–Trinajstić information content (AvgIpc) is 3.13. The summed E-state index contributed by atoms with van der Waals surface area (Å²) >= 11 is 0. The highest BCUT2D eigenvalue weighted by molar-refractivity contribution is 6.31. The maximum Gasteiger partial charge on any atom is 0.305 e. The van der Waals surface area contributed by atoms with Crippen molar-refractivity contribution in [3.63, 3.8) is 0 Å². The summed E-state index contributed by atoms with van der Waals surface area (Å²) in [6.45, 7) is 3.62. The Hall–Kier alpha value is -4.45. The smallest absolute Gasteiger partial charge is 0.305 e. The number of phenolic OH excluding ortho intramolecular Hbond substituents is 2. The van der Waals surface area contributed by atoms with Crippen molar-refractivity contribution in [1.29, 1.82) is 0 Å². The molecule has 0 amide bonds. The Labute approximate surface area is 317 Å². The van der Waals surface area contributed by atoms with Crippen LogP contribution in [0.5, 0.6) is 17.2 Å². The number of aliphatic hydroxyl groups is 3. The van der Waals surface area contributed by atoms with Gasteiger partial charge in [0.15, 0.2) is 17.9 Å². The lowest BCUT2D eigenvalue weighted by Gasteiger charge is -2.43. The SMILES string of the molecule is COc1cccc2c1C(=O)c1c(O)c3c(c(O)c1C2=O)CC(O)(C(=O)CO)CC3O[C@H]1C[C@H](NCCCCCCCC(OC(C)=O)OC(C)=O)[C@H](O)[C@H](C)O1. The molecular formula is C39H49NO15. The van der Waals surface area contributed by atoms with Crippen LogP contribution in [-0.2, 0) is 39.8 Å². The monoisotopic (exact) mass is 771 g/mol.